The normalized spacial score (nSPS) is 12.5. The molecule has 0 amide bonds. The maximum atomic E-state index is 9.88. The van der Waals surface area contributed by atoms with E-state index in [9.17, 15) is 5.11 Å². The molecule has 0 bridgehead atoms. The van der Waals surface area contributed by atoms with Crippen LogP contribution < -0.4 is 10.5 Å². The van der Waals surface area contributed by atoms with Crippen molar-refractivity contribution < 1.29 is 9.84 Å². The number of benzene rings is 1. The highest BCUT2D eigenvalue weighted by molar-refractivity contribution is 9.10. The van der Waals surface area contributed by atoms with E-state index in [1.54, 1.807) is 6.07 Å². The van der Waals surface area contributed by atoms with Crippen LogP contribution >= 0.6 is 15.9 Å². The monoisotopic (exact) mass is 273 g/mol. The standard InChI is InChI=1S/C11H16BrNO2/c1-3-4-9(13)8-5-7(12)6-10(15-2)11(8)14/h5-6,9,14H,3-4,13H2,1-2H3/t9-/m0/s1. The molecule has 15 heavy (non-hydrogen) atoms. The number of phenolic OH excluding ortho intramolecular Hbond substituents is 1. The molecule has 0 fully saturated rings. The summed E-state index contributed by atoms with van der Waals surface area (Å²) in [7, 11) is 1.52. The fourth-order valence-electron chi connectivity index (χ4n) is 1.50. The molecule has 0 aromatic heterocycles. The zero-order valence-electron chi connectivity index (χ0n) is 8.96. The van der Waals surface area contributed by atoms with Crippen molar-refractivity contribution in [3.8, 4) is 11.5 Å². The SMILES string of the molecule is CCC[C@H](N)c1cc(Br)cc(OC)c1O. The fraction of sp³-hybridized carbons (Fsp3) is 0.455. The van der Waals surface area contributed by atoms with E-state index in [-0.39, 0.29) is 11.8 Å². The molecule has 1 aromatic carbocycles. The number of phenols is 1. The van der Waals surface area contributed by atoms with Crippen molar-refractivity contribution in [1.29, 1.82) is 0 Å². The van der Waals surface area contributed by atoms with Crippen LogP contribution in [0.25, 0.3) is 0 Å². The molecule has 0 radical (unpaired) electrons. The van der Waals surface area contributed by atoms with Crippen molar-refractivity contribution in [2.75, 3.05) is 7.11 Å². The maximum Gasteiger partial charge on any atom is 0.162 e. The van der Waals surface area contributed by atoms with Crippen LogP contribution in [0.2, 0.25) is 0 Å². The molecule has 0 unspecified atom stereocenters. The van der Waals surface area contributed by atoms with Gasteiger partial charge in [0, 0.05) is 16.1 Å². The van der Waals surface area contributed by atoms with Crippen molar-refractivity contribution in [3.05, 3.63) is 22.2 Å². The van der Waals surface area contributed by atoms with Gasteiger partial charge < -0.3 is 15.6 Å². The van der Waals surface area contributed by atoms with Crippen LogP contribution in [0, 0.1) is 0 Å². The average molecular weight is 274 g/mol. The topological polar surface area (TPSA) is 55.5 Å². The highest BCUT2D eigenvalue weighted by Gasteiger charge is 2.15. The predicted molar refractivity (Wildman–Crippen MR) is 64.2 cm³/mol. The summed E-state index contributed by atoms with van der Waals surface area (Å²) in [5, 5.41) is 9.88. The summed E-state index contributed by atoms with van der Waals surface area (Å²) in [6.07, 6.45) is 1.82. The number of hydrogen-bond acceptors (Lipinski definition) is 3. The lowest BCUT2D eigenvalue weighted by molar-refractivity contribution is 0.367. The number of methoxy groups -OCH3 is 1. The molecular weight excluding hydrogens is 258 g/mol. The molecule has 0 saturated heterocycles. The Morgan fingerprint density at radius 2 is 2.20 bits per heavy atom. The lowest BCUT2D eigenvalue weighted by Crippen LogP contribution is -2.10. The third-order valence-corrected chi connectivity index (χ3v) is 2.75. The second-order valence-corrected chi connectivity index (χ2v) is 4.36. The van der Waals surface area contributed by atoms with Gasteiger partial charge >= 0.3 is 0 Å². The van der Waals surface area contributed by atoms with E-state index in [1.807, 2.05) is 6.07 Å². The summed E-state index contributed by atoms with van der Waals surface area (Å²) in [4.78, 5) is 0. The van der Waals surface area contributed by atoms with Gasteiger partial charge in [0.2, 0.25) is 0 Å². The summed E-state index contributed by atoms with van der Waals surface area (Å²) >= 11 is 3.36. The third-order valence-electron chi connectivity index (χ3n) is 2.29. The summed E-state index contributed by atoms with van der Waals surface area (Å²) in [6.45, 7) is 2.06. The van der Waals surface area contributed by atoms with Crippen LogP contribution in [0.1, 0.15) is 31.4 Å². The first-order chi connectivity index (χ1) is 7.10. The summed E-state index contributed by atoms with van der Waals surface area (Å²) < 4.78 is 5.92. The minimum atomic E-state index is -0.151. The molecule has 4 heteroatoms. The Hall–Kier alpha value is -0.740. The Balaban J connectivity index is 3.11. The molecule has 3 nitrogen and oxygen atoms in total. The zero-order valence-corrected chi connectivity index (χ0v) is 10.5. The van der Waals surface area contributed by atoms with E-state index >= 15 is 0 Å². The van der Waals surface area contributed by atoms with Crippen molar-refractivity contribution in [1.82, 2.24) is 0 Å². The Bertz CT molecular complexity index is 342. The quantitative estimate of drug-likeness (QED) is 0.887. The van der Waals surface area contributed by atoms with E-state index in [0.29, 0.717) is 5.75 Å². The van der Waals surface area contributed by atoms with Gasteiger partial charge in [-0.05, 0) is 18.6 Å². The first kappa shape index (κ1) is 12.3. The van der Waals surface area contributed by atoms with Gasteiger partial charge in [-0.3, -0.25) is 0 Å². The van der Waals surface area contributed by atoms with Gasteiger partial charge in [0.1, 0.15) is 0 Å². The van der Waals surface area contributed by atoms with Crippen LogP contribution in [-0.4, -0.2) is 12.2 Å². The second kappa shape index (κ2) is 5.37. The second-order valence-electron chi connectivity index (χ2n) is 3.44. The van der Waals surface area contributed by atoms with E-state index in [0.717, 1.165) is 22.9 Å². The molecule has 1 aromatic rings. The Morgan fingerprint density at radius 3 is 2.73 bits per heavy atom. The van der Waals surface area contributed by atoms with Gasteiger partial charge in [-0.25, -0.2) is 0 Å². The number of aromatic hydroxyl groups is 1. The van der Waals surface area contributed by atoms with E-state index in [1.165, 1.54) is 7.11 Å². The largest absolute Gasteiger partial charge is 0.504 e. The number of nitrogens with two attached hydrogens (primary N) is 1. The molecule has 0 aliphatic carbocycles. The van der Waals surface area contributed by atoms with Crippen molar-refractivity contribution >= 4 is 15.9 Å². The van der Waals surface area contributed by atoms with Crippen LogP contribution in [-0.2, 0) is 0 Å². The predicted octanol–water partition coefficient (Wildman–Crippen LogP) is 2.96. The lowest BCUT2D eigenvalue weighted by atomic mass is 10.0. The Kier molecular flexibility index (Phi) is 4.42. The fourth-order valence-corrected chi connectivity index (χ4v) is 1.95. The Morgan fingerprint density at radius 1 is 1.53 bits per heavy atom. The van der Waals surface area contributed by atoms with Gasteiger partial charge in [0.05, 0.1) is 7.11 Å². The van der Waals surface area contributed by atoms with Gasteiger partial charge in [0.15, 0.2) is 11.5 Å². The van der Waals surface area contributed by atoms with Crippen LogP contribution in [0.3, 0.4) is 0 Å². The minimum Gasteiger partial charge on any atom is -0.504 e. The van der Waals surface area contributed by atoms with Crippen molar-refractivity contribution in [3.63, 3.8) is 0 Å². The molecule has 84 valence electrons. The summed E-state index contributed by atoms with van der Waals surface area (Å²) in [6, 6.07) is 3.40. The number of ether oxygens (including phenoxy) is 1. The molecule has 3 N–H and O–H groups in total. The van der Waals surface area contributed by atoms with Crippen LogP contribution in [0.5, 0.6) is 11.5 Å². The summed E-state index contributed by atoms with van der Waals surface area (Å²) in [5.74, 6) is 0.590. The highest BCUT2D eigenvalue weighted by atomic mass is 79.9. The third kappa shape index (κ3) is 2.86. The lowest BCUT2D eigenvalue weighted by Gasteiger charge is -2.15. The van der Waals surface area contributed by atoms with E-state index in [4.69, 9.17) is 10.5 Å². The number of rotatable bonds is 4. The first-order valence-electron chi connectivity index (χ1n) is 4.92. The van der Waals surface area contributed by atoms with Gasteiger partial charge in [-0.15, -0.1) is 0 Å². The molecule has 1 rings (SSSR count). The van der Waals surface area contributed by atoms with Gasteiger partial charge in [0.25, 0.3) is 0 Å². The van der Waals surface area contributed by atoms with Crippen LogP contribution in [0.4, 0.5) is 0 Å². The number of halogens is 1. The van der Waals surface area contributed by atoms with Gasteiger partial charge in [-0.1, -0.05) is 29.3 Å². The zero-order chi connectivity index (χ0) is 11.4. The van der Waals surface area contributed by atoms with Gasteiger partial charge in [-0.2, -0.15) is 0 Å². The molecular formula is C11H16BrNO2. The average Bonchev–Trinajstić information content (AvgIpc) is 2.21. The maximum absolute atomic E-state index is 9.88. The smallest absolute Gasteiger partial charge is 0.162 e. The molecule has 1 atom stereocenters. The van der Waals surface area contributed by atoms with E-state index < -0.39 is 0 Å². The summed E-state index contributed by atoms with van der Waals surface area (Å²) in [5.41, 5.74) is 6.69. The number of hydrogen-bond donors (Lipinski definition) is 2. The highest BCUT2D eigenvalue weighted by Crippen LogP contribution is 2.37. The minimum absolute atomic E-state index is 0.140. The molecule has 0 spiro atoms. The van der Waals surface area contributed by atoms with Crippen LogP contribution in [0.15, 0.2) is 16.6 Å². The Labute approximate surface area is 98.4 Å². The van der Waals surface area contributed by atoms with E-state index in [2.05, 4.69) is 22.9 Å². The molecule has 0 heterocycles. The molecule has 0 aliphatic heterocycles. The molecule has 0 saturated carbocycles. The van der Waals surface area contributed by atoms with Crippen molar-refractivity contribution in [2.24, 2.45) is 5.73 Å². The van der Waals surface area contributed by atoms with Crippen molar-refractivity contribution in [2.45, 2.75) is 25.8 Å². The first-order valence-corrected chi connectivity index (χ1v) is 5.71. The molecule has 0 aliphatic rings.